The van der Waals surface area contributed by atoms with Crippen molar-refractivity contribution in [2.24, 2.45) is 22.0 Å². The Morgan fingerprint density at radius 1 is 0.760 bits per heavy atom. The number of carbonyl (C=O) groups is 1. The van der Waals surface area contributed by atoms with E-state index in [9.17, 15) is 4.79 Å². The van der Waals surface area contributed by atoms with Crippen molar-refractivity contribution in [1.82, 2.24) is 0 Å². The fourth-order valence-electron chi connectivity index (χ4n) is 3.26. The van der Waals surface area contributed by atoms with E-state index in [-0.39, 0.29) is 11.8 Å². The topological polar surface area (TPSA) is 86.3 Å². The number of hydrogen-bond donors (Lipinski definition) is 1. The fourth-order valence-corrected chi connectivity index (χ4v) is 3.26. The fraction of sp³-hybridized carbons (Fsp3) is 0.947. The predicted octanol–water partition coefficient (Wildman–Crippen LogP) is 5.27. The van der Waals surface area contributed by atoms with Crippen molar-refractivity contribution in [3.05, 3.63) is 0 Å². The maximum Gasteiger partial charge on any atom is 0.220 e. The molecule has 1 amide bonds. The third kappa shape index (κ3) is 13.8. The van der Waals surface area contributed by atoms with Crippen LogP contribution in [0.4, 0.5) is 0 Å². The zero-order valence-electron chi connectivity index (χ0n) is 15.8. The highest BCUT2D eigenvalue weighted by Gasteiger charge is 2.15. The quantitative estimate of drug-likeness (QED) is 0.650. The second-order valence-corrected chi connectivity index (χ2v) is 7.12. The van der Waals surface area contributed by atoms with E-state index in [1.54, 1.807) is 0 Å². The highest BCUT2D eigenvalue weighted by atomic mass is 17.3. The molecule has 1 aliphatic heterocycles. The van der Waals surface area contributed by atoms with Crippen LogP contribution in [0, 0.1) is 5.92 Å². The summed E-state index contributed by atoms with van der Waals surface area (Å²) in [5.74, 6) is -0.391. The van der Waals surface area contributed by atoms with Crippen molar-refractivity contribution in [3.63, 3.8) is 0 Å². The monoisotopic (exact) mass is 355 g/mol. The summed E-state index contributed by atoms with van der Waals surface area (Å²) in [5.41, 5.74) is 5.47. The summed E-state index contributed by atoms with van der Waals surface area (Å²) < 4.78 is 0. The lowest BCUT2D eigenvalue weighted by Gasteiger charge is -2.12. The van der Waals surface area contributed by atoms with Crippen molar-refractivity contribution in [3.8, 4) is 0 Å². The summed E-state index contributed by atoms with van der Waals surface area (Å²) in [7, 11) is 0. The Morgan fingerprint density at radius 2 is 1.28 bits per heavy atom. The van der Waals surface area contributed by atoms with Crippen LogP contribution in [-0.2, 0) is 14.7 Å². The molecule has 6 nitrogen and oxygen atoms in total. The summed E-state index contributed by atoms with van der Waals surface area (Å²) in [5, 5.41) is 7.47. The first-order chi connectivity index (χ1) is 12.3. The van der Waals surface area contributed by atoms with E-state index in [2.05, 4.69) is 15.4 Å². The second kappa shape index (κ2) is 16.3. The number of carbonyl (C=O) groups excluding carboxylic acids is 1. The van der Waals surface area contributed by atoms with Crippen LogP contribution in [-0.4, -0.2) is 19.1 Å². The number of nitrogens with zero attached hydrogens (tertiary/aromatic N) is 2. The van der Waals surface area contributed by atoms with E-state index in [4.69, 9.17) is 10.6 Å². The summed E-state index contributed by atoms with van der Waals surface area (Å²) >= 11 is 0. The minimum atomic E-state index is -0.250. The van der Waals surface area contributed by atoms with Gasteiger partial charge in [0.05, 0.1) is 18.4 Å². The van der Waals surface area contributed by atoms with Crippen LogP contribution in [0.1, 0.15) is 96.3 Å². The lowest BCUT2D eigenvalue weighted by atomic mass is 9.96. The number of amides is 1. The van der Waals surface area contributed by atoms with Crippen molar-refractivity contribution < 1.29 is 14.7 Å². The van der Waals surface area contributed by atoms with Gasteiger partial charge in [0.25, 0.3) is 0 Å². The van der Waals surface area contributed by atoms with Gasteiger partial charge in [-0.1, -0.05) is 77.0 Å². The van der Waals surface area contributed by atoms with Gasteiger partial charge in [-0.25, -0.2) is 4.99 Å². The van der Waals surface area contributed by atoms with Crippen LogP contribution in [0.25, 0.3) is 0 Å². The number of primary amides is 1. The Bertz CT molecular complexity index is 351. The largest absolute Gasteiger partial charge is 0.369 e. The van der Waals surface area contributed by atoms with Crippen molar-refractivity contribution in [1.29, 1.82) is 0 Å². The number of rotatable bonds is 1. The third-order valence-electron chi connectivity index (χ3n) is 4.91. The Labute approximate surface area is 152 Å². The molecule has 2 N–H and O–H groups in total. The molecule has 25 heavy (non-hydrogen) atoms. The van der Waals surface area contributed by atoms with E-state index in [1.807, 2.05) is 0 Å². The van der Waals surface area contributed by atoms with Crippen LogP contribution in [0.15, 0.2) is 10.4 Å². The molecule has 1 rings (SSSR count). The smallest absolute Gasteiger partial charge is 0.220 e. The molecule has 0 saturated heterocycles. The van der Waals surface area contributed by atoms with Gasteiger partial charge in [0.15, 0.2) is 0 Å². The Morgan fingerprint density at radius 3 is 1.84 bits per heavy atom. The van der Waals surface area contributed by atoms with Gasteiger partial charge < -0.3 is 5.73 Å². The molecule has 1 heterocycles. The third-order valence-corrected chi connectivity index (χ3v) is 4.91. The molecule has 0 aliphatic carbocycles. The van der Waals surface area contributed by atoms with E-state index in [0.29, 0.717) is 19.6 Å². The number of nitrogens with two attached hydrogens (primary N) is 1. The molecular weight excluding hydrogens is 318 g/mol. The molecule has 0 aromatic heterocycles. The normalized spacial score (nSPS) is 24.4. The molecular formula is C19H37N3O3. The molecule has 0 spiro atoms. The molecule has 1 atom stereocenters. The molecule has 0 bridgehead atoms. The molecule has 0 fully saturated rings. The van der Waals surface area contributed by atoms with E-state index < -0.39 is 0 Å². The zero-order valence-corrected chi connectivity index (χ0v) is 15.8. The molecule has 0 aromatic rings. The predicted molar refractivity (Wildman–Crippen MR) is 98.7 cm³/mol. The Balaban J connectivity index is 2.26. The lowest BCUT2D eigenvalue weighted by molar-refractivity contribution is -0.303. The van der Waals surface area contributed by atoms with Gasteiger partial charge in [0, 0.05) is 5.92 Å². The van der Waals surface area contributed by atoms with Crippen LogP contribution < -0.4 is 5.73 Å². The first-order valence-electron chi connectivity index (χ1n) is 10.3. The first kappa shape index (κ1) is 21.9. The van der Waals surface area contributed by atoms with Crippen LogP contribution in [0.5, 0.6) is 0 Å². The van der Waals surface area contributed by atoms with E-state index in [0.717, 1.165) is 19.3 Å². The lowest BCUT2D eigenvalue weighted by Crippen LogP contribution is -2.24. The average molecular weight is 356 g/mol. The Hall–Kier alpha value is -1.17. The summed E-state index contributed by atoms with van der Waals surface area (Å²) in [6.07, 6.45) is 17.8. The van der Waals surface area contributed by atoms with Crippen molar-refractivity contribution >= 4 is 5.91 Å². The molecule has 0 aromatic carbocycles. The Kier molecular flexibility index (Phi) is 14.3. The van der Waals surface area contributed by atoms with Crippen molar-refractivity contribution in [2.75, 3.05) is 13.2 Å². The average Bonchev–Trinajstić information content (AvgIpc) is 2.60. The molecule has 1 unspecified atom stereocenters. The minimum absolute atomic E-state index is 0.140. The van der Waals surface area contributed by atoms with Gasteiger partial charge in [-0.2, -0.15) is 10.0 Å². The summed E-state index contributed by atoms with van der Waals surface area (Å²) in [6.45, 7) is 0.986. The van der Waals surface area contributed by atoms with Gasteiger partial charge >= 0.3 is 0 Å². The van der Waals surface area contributed by atoms with E-state index >= 15 is 0 Å². The number of hydrogen-bond acceptors (Lipinski definition) is 5. The molecule has 6 heteroatoms. The standard InChI is InChI=1S/C19H37N3O3/c20-19(23)18-14-12-10-8-6-4-2-1-3-5-7-9-11-13-16-21-22-25-24-17-15-18/h18H,1-17H2,(H2,20,23). The van der Waals surface area contributed by atoms with Gasteiger partial charge in [-0.05, 0) is 19.3 Å². The minimum Gasteiger partial charge on any atom is -0.369 e. The molecule has 0 radical (unpaired) electrons. The molecule has 1 aliphatic rings. The SMILES string of the molecule is NC(=O)C1CCCCCCCCCCCCCCCN=NOOCC1. The maximum atomic E-state index is 11.5. The first-order valence-corrected chi connectivity index (χ1v) is 10.3. The van der Waals surface area contributed by atoms with Crippen LogP contribution >= 0.6 is 0 Å². The second-order valence-electron chi connectivity index (χ2n) is 7.12. The highest BCUT2D eigenvalue weighted by molar-refractivity contribution is 5.76. The zero-order chi connectivity index (χ0) is 18.0. The van der Waals surface area contributed by atoms with Gasteiger partial charge in [-0.15, -0.1) is 0 Å². The van der Waals surface area contributed by atoms with E-state index in [1.165, 1.54) is 70.6 Å². The van der Waals surface area contributed by atoms with Crippen LogP contribution in [0.3, 0.4) is 0 Å². The summed E-state index contributed by atoms with van der Waals surface area (Å²) in [4.78, 5) is 21.1. The van der Waals surface area contributed by atoms with Crippen molar-refractivity contribution in [2.45, 2.75) is 96.3 Å². The molecule has 146 valence electrons. The summed E-state index contributed by atoms with van der Waals surface area (Å²) in [6, 6.07) is 0. The van der Waals surface area contributed by atoms with Crippen LogP contribution in [0.2, 0.25) is 0 Å². The van der Waals surface area contributed by atoms with Gasteiger partial charge in [0.2, 0.25) is 5.91 Å². The van der Waals surface area contributed by atoms with Gasteiger partial charge in [-0.3, -0.25) is 4.79 Å². The van der Waals surface area contributed by atoms with Gasteiger partial charge in [0.1, 0.15) is 0 Å². The highest BCUT2D eigenvalue weighted by Crippen LogP contribution is 2.16. The maximum absolute atomic E-state index is 11.5. The molecule has 0 saturated carbocycles.